The van der Waals surface area contributed by atoms with Gasteiger partial charge < -0.3 is 4.43 Å². The molecular formula is C12H27NOSi. The standard InChI is InChI=1S/C12H27NOSi/c1-10(2)9-12(5)13-7-6-8-15-14-11(3)4/h10-11H,6-9,15H2,1-5H3. The van der Waals surface area contributed by atoms with Crippen molar-refractivity contribution >= 4 is 15.5 Å². The summed E-state index contributed by atoms with van der Waals surface area (Å²) in [6, 6.07) is 1.26. The largest absolute Gasteiger partial charge is 0.422 e. The van der Waals surface area contributed by atoms with E-state index in [1.807, 2.05) is 0 Å². The smallest absolute Gasteiger partial charge is 0.162 e. The third kappa shape index (κ3) is 11.8. The molecule has 0 aromatic rings. The molecule has 0 amide bonds. The van der Waals surface area contributed by atoms with E-state index in [4.69, 9.17) is 4.43 Å². The van der Waals surface area contributed by atoms with E-state index in [1.54, 1.807) is 0 Å². The lowest BCUT2D eigenvalue weighted by atomic mass is 10.1. The van der Waals surface area contributed by atoms with Crippen molar-refractivity contribution < 1.29 is 4.43 Å². The van der Waals surface area contributed by atoms with Crippen LogP contribution < -0.4 is 0 Å². The molecule has 0 saturated carbocycles. The normalized spacial score (nSPS) is 13.7. The molecule has 0 aromatic carbocycles. The molecule has 90 valence electrons. The summed E-state index contributed by atoms with van der Waals surface area (Å²) < 4.78 is 5.60. The quantitative estimate of drug-likeness (QED) is 0.356. The molecule has 0 rings (SSSR count). The van der Waals surface area contributed by atoms with Gasteiger partial charge in [0.25, 0.3) is 0 Å². The predicted octanol–water partition coefficient (Wildman–Crippen LogP) is 2.81. The van der Waals surface area contributed by atoms with Gasteiger partial charge in [0.05, 0.1) is 0 Å². The van der Waals surface area contributed by atoms with Gasteiger partial charge in [0.2, 0.25) is 0 Å². The maximum Gasteiger partial charge on any atom is 0.162 e. The van der Waals surface area contributed by atoms with Crippen molar-refractivity contribution in [3.05, 3.63) is 0 Å². The van der Waals surface area contributed by atoms with Crippen LogP contribution in [0.4, 0.5) is 0 Å². The molecule has 0 atom stereocenters. The average Bonchev–Trinajstić information content (AvgIpc) is 2.09. The summed E-state index contributed by atoms with van der Waals surface area (Å²) in [6.07, 6.45) is 2.76. The lowest BCUT2D eigenvalue weighted by Gasteiger charge is -2.06. The van der Waals surface area contributed by atoms with E-state index >= 15 is 0 Å². The van der Waals surface area contributed by atoms with E-state index < -0.39 is 0 Å². The van der Waals surface area contributed by atoms with Gasteiger partial charge in [0.15, 0.2) is 9.76 Å². The van der Waals surface area contributed by atoms with Crippen LogP contribution in [0.1, 0.15) is 47.5 Å². The minimum atomic E-state index is -0.272. The Kier molecular flexibility index (Phi) is 9.01. The van der Waals surface area contributed by atoms with Gasteiger partial charge in [0, 0.05) is 18.4 Å². The fraction of sp³-hybridized carbons (Fsp3) is 0.917. The molecule has 0 unspecified atom stereocenters. The van der Waals surface area contributed by atoms with Crippen molar-refractivity contribution in [2.45, 2.75) is 59.6 Å². The summed E-state index contributed by atoms with van der Waals surface area (Å²) in [5, 5.41) is 0. The fourth-order valence-corrected chi connectivity index (χ4v) is 2.52. The molecule has 2 nitrogen and oxygen atoms in total. The fourth-order valence-electron chi connectivity index (χ4n) is 1.46. The minimum absolute atomic E-state index is 0.272. The molecule has 3 heteroatoms. The van der Waals surface area contributed by atoms with Crippen LogP contribution in [0.3, 0.4) is 0 Å². The van der Waals surface area contributed by atoms with Crippen LogP contribution in [0, 0.1) is 5.92 Å². The second kappa shape index (κ2) is 9.10. The first kappa shape index (κ1) is 14.8. The van der Waals surface area contributed by atoms with Crippen LogP contribution in [0.25, 0.3) is 0 Å². The highest BCUT2D eigenvalue weighted by atomic mass is 28.2. The molecule has 15 heavy (non-hydrogen) atoms. The Hall–Kier alpha value is -0.153. The number of nitrogens with zero attached hydrogens (tertiary/aromatic N) is 1. The lowest BCUT2D eigenvalue weighted by Crippen LogP contribution is -2.07. The van der Waals surface area contributed by atoms with Crippen LogP contribution in [0.2, 0.25) is 6.04 Å². The molecule has 0 aliphatic heterocycles. The van der Waals surface area contributed by atoms with Crippen molar-refractivity contribution in [3.8, 4) is 0 Å². The Morgan fingerprint density at radius 2 is 1.93 bits per heavy atom. The molecule has 0 aliphatic rings. The first-order valence-electron chi connectivity index (χ1n) is 6.14. The van der Waals surface area contributed by atoms with Gasteiger partial charge in [-0.05, 0) is 45.6 Å². The molecule has 0 spiro atoms. The Balaban J connectivity index is 3.36. The molecule has 0 heterocycles. The minimum Gasteiger partial charge on any atom is -0.422 e. The van der Waals surface area contributed by atoms with E-state index in [0.29, 0.717) is 6.10 Å². The zero-order valence-corrected chi connectivity index (χ0v) is 12.5. The Morgan fingerprint density at radius 1 is 1.27 bits per heavy atom. The number of rotatable bonds is 8. The monoisotopic (exact) mass is 229 g/mol. The van der Waals surface area contributed by atoms with Crippen LogP contribution in [-0.2, 0) is 4.43 Å². The Bertz CT molecular complexity index is 178. The summed E-state index contributed by atoms with van der Waals surface area (Å²) in [4.78, 5) is 4.56. The van der Waals surface area contributed by atoms with Crippen molar-refractivity contribution in [2.24, 2.45) is 10.9 Å². The van der Waals surface area contributed by atoms with Crippen molar-refractivity contribution in [3.63, 3.8) is 0 Å². The first-order chi connectivity index (χ1) is 7.02. The molecule has 0 saturated heterocycles. The molecule has 0 aromatic heterocycles. The zero-order valence-electron chi connectivity index (χ0n) is 11.0. The predicted molar refractivity (Wildman–Crippen MR) is 71.6 cm³/mol. The number of hydrogen-bond acceptors (Lipinski definition) is 2. The topological polar surface area (TPSA) is 21.6 Å². The highest BCUT2D eigenvalue weighted by molar-refractivity contribution is 6.27. The highest BCUT2D eigenvalue weighted by Crippen LogP contribution is 2.02. The highest BCUT2D eigenvalue weighted by Gasteiger charge is 1.97. The van der Waals surface area contributed by atoms with Gasteiger partial charge in [-0.3, -0.25) is 4.99 Å². The maximum atomic E-state index is 5.60. The van der Waals surface area contributed by atoms with Gasteiger partial charge in [-0.25, -0.2) is 0 Å². The molecule has 0 N–H and O–H groups in total. The molecule has 0 aliphatic carbocycles. The van der Waals surface area contributed by atoms with Gasteiger partial charge >= 0.3 is 0 Å². The molecule has 0 bridgehead atoms. The second-order valence-corrected chi connectivity index (χ2v) is 6.29. The molecule has 0 fully saturated rings. The van der Waals surface area contributed by atoms with Gasteiger partial charge in [-0.1, -0.05) is 13.8 Å². The Morgan fingerprint density at radius 3 is 2.47 bits per heavy atom. The number of hydrogen-bond donors (Lipinski definition) is 0. The van der Waals surface area contributed by atoms with Crippen molar-refractivity contribution in [1.29, 1.82) is 0 Å². The van der Waals surface area contributed by atoms with Gasteiger partial charge in [-0.2, -0.15) is 0 Å². The first-order valence-corrected chi connectivity index (χ1v) is 7.71. The van der Waals surface area contributed by atoms with Gasteiger partial charge in [-0.15, -0.1) is 0 Å². The average molecular weight is 229 g/mol. The van der Waals surface area contributed by atoms with E-state index in [0.717, 1.165) is 18.9 Å². The summed E-state index contributed by atoms with van der Waals surface area (Å²) in [7, 11) is -0.272. The number of aliphatic imine (C=N–C) groups is 1. The third-order valence-corrected chi connectivity index (χ3v) is 3.78. The van der Waals surface area contributed by atoms with Gasteiger partial charge in [0.1, 0.15) is 0 Å². The second-order valence-electron chi connectivity index (χ2n) is 4.84. The summed E-state index contributed by atoms with van der Waals surface area (Å²) in [6.45, 7) is 11.8. The summed E-state index contributed by atoms with van der Waals surface area (Å²) in [5.74, 6) is 0.729. The van der Waals surface area contributed by atoms with Crippen LogP contribution in [0.5, 0.6) is 0 Å². The van der Waals surface area contributed by atoms with E-state index in [9.17, 15) is 0 Å². The van der Waals surface area contributed by atoms with E-state index in [2.05, 4.69) is 39.6 Å². The lowest BCUT2D eigenvalue weighted by molar-refractivity contribution is 0.255. The van der Waals surface area contributed by atoms with E-state index in [-0.39, 0.29) is 9.76 Å². The summed E-state index contributed by atoms with van der Waals surface area (Å²) >= 11 is 0. The van der Waals surface area contributed by atoms with Crippen LogP contribution >= 0.6 is 0 Å². The van der Waals surface area contributed by atoms with E-state index in [1.165, 1.54) is 18.2 Å². The summed E-state index contributed by atoms with van der Waals surface area (Å²) in [5.41, 5.74) is 1.30. The van der Waals surface area contributed by atoms with Crippen molar-refractivity contribution in [1.82, 2.24) is 0 Å². The van der Waals surface area contributed by atoms with Crippen LogP contribution in [0.15, 0.2) is 4.99 Å². The molecular weight excluding hydrogens is 202 g/mol. The Labute approximate surface area is 97.5 Å². The molecule has 0 radical (unpaired) electrons. The zero-order chi connectivity index (χ0) is 11.7. The van der Waals surface area contributed by atoms with Crippen LogP contribution in [-0.4, -0.2) is 28.1 Å². The third-order valence-electron chi connectivity index (χ3n) is 2.09. The maximum absolute atomic E-state index is 5.60. The van der Waals surface area contributed by atoms with Crippen molar-refractivity contribution in [2.75, 3.05) is 6.54 Å². The SMILES string of the molecule is CC(CC(C)C)=NCCC[SiH2]OC(C)C.